The van der Waals surface area contributed by atoms with Gasteiger partial charge in [0.1, 0.15) is 5.75 Å². The molecule has 2 aliphatic heterocycles. The SMILES string of the molecule is O=C(c1ccccc1)N1CCN(Cc2cc(Cl)cc3c2OCOC3)CC1. The molecule has 2 aliphatic rings. The summed E-state index contributed by atoms with van der Waals surface area (Å²) < 4.78 is 11.0. The van der Waals surface area contributed by atoms with Gasteiger partial charge in [-0.25, -0.2) is 0 Å². The summed E-state index contributed by atoms with van der Waals surface area (Å²) in [5.41, 5.74) is 2.83. The van der Waals surface area contributed by atoms with E-state index in [2.05, 4.69) is 4.90 Å². The third-order valence-electron chi connectivity index (χ3n) is 4.83. The van der Waals surface area contributed by atoms with Gasteiger partial charge in [0.25, 0.3) is 5.91 Å². The van der Waals surface area contributed by atoms with E-state index in [1.54, 1.807) is 0 Å². The van der Waals surface area contributed by atoms with E-state index in [0.29, 0.717) is 11.6 Å². The van der Waals surface area contributed by atoms with Crippen LogP contribution in [-0.2, 0) is 17.9 Å². The van der Waals surface area contributed by atoms with Crippen LogP contribution in [0.25, 0.3) is 0 Å². The van der Waals surface area contributed by atoms with Gasteiger partial charge in [0.2, 0.25) is 0 Å². The number of hydrogen-bond acceptors (Lipinski definition) is 4. The summed E-state index contributed by atoms with van der Waals surface area (Å²) in [6.45, 7) is 4.67. The van der Waals surface area contributed by atoms with E-state index < -0.39 is 0 Å². The van der Waals surface area contributed by atoms with Gasteiger partial charge in [0.15, 0.2) is 6.79 Å². The summed E-state index contributed by atoms with van der Waals surface area (Å²) in [7, 11) is 0. The van der Waals surface area contributed by atoms with Crippen molar-refractivity contribution in [3.8, 4) is 5.75 Å². The summed E-state index contributed by atoms with van der Waals surface area (Å²) in [6.07, 6.45) is 0. The lowest BCUT2D eigenvalue weighted by Gasteiger charge is -2.35. The fourth-order valence-corrected chi connectivity index (χ4v) is 3.75. The molecule has 0 saturated carbocycles. The molecule has 2 heterocycles. The summed E-state index contributed by atoms with van der Waals surface area (Å²) in [4.78, 5) is 16.8. The average Bonchev–Trinajstić information content (AvgIpc) is 2.68. The molecule has 0 radical (unpaired) electrons. The number of nitrogens with zero attached hydrogens (tertiary/aromatic N) is 2. The maximum Gasteiger partial charge on any atom is 0.253 e. The smallest absolute Gasteiger partial charge is 0.253 e. The van der Waals surface area contributed by atoms with Gasteiger partial charge in [0.05, 0.1) is 6.61 Å². The second-order valence-electron chi connectivity index (χ2n) is 6.60. The first-order valence-corrected chi connectivity index (χ1v) is 9.17. The van der Waals surface area contributed by atoms with Crippen molar-refractivity contribution in [1.82, 2.24) is 9.80 Å². The molecule has 0 spiro atoms. The van der Waals surface area contributed by atoms with Crippen molar-refractivity contribution in [2.24, 2.45) is 0 Å². The Morgan fingerprint density at radius 1 is 1.08 bits per heavy atom. The number of rotatable bonds is 3. The summed E-state index contributed by atoms with van der Waals surface area (Å²) in [5, 5.41) is 0.700. The highest BCUT2D eigenvalue weighted by Crippen LogP contribution is 2.32. The van der Waals surface area contributed by atoms with Crippen LogP contribution >= 0.6 is 11.6 Å². The first-order valence-electron chi connectivity index (χ1n) is 8.79. The zero-order chi connectivity index (χ0) is 17.9. The fraction of sp³-hybridized carbons (Fsp3) is 0.350. The summed E-state index contributed by atoms with van der Waals surface area (Å²) >= 11 is 6.25. The van der Waals surface area contributed by atoms with Gasteiger partial charge in [-0.3, -0.25) is 9.69 Å². The number of fused-ring (bicyclic) bond motifs is 1. The van der Waals surface area contributed by atoms with Crippen molar-refractivity contribution in [2.45, 2.75) is 13.2 Å². The molecule has 0 N–H and O–H groups in total. The molecule has 0 atom stereocenters. The van der Waals surface area contributed by atoms with Gasteiger partial charge < -0.3 is 14.4 Å². The summed E-state index contributed by atoms with van der Waals surface area (Å²) in [6, 6.07) is 13.3. The average molecular weight is 373 g/mol. The van der Waals surface area contributed by atoms with Crippen LogP contribution in [0.15, 0.2) is 42.5 Å². The molecule has 2 aromatic rings. The van der Waals surface area contributed by atoms with Crippen molar-refractivity contribution >= 4 is 17.5 Å². The third-order valence-corrected chi connectivity index (χ3v) is 5.04. The molecule has 4 rings (SSSR count). The maximum atomic E-state index is 12.6. The van der Waals surface area contributed by atoms with Crippen molar-refractivity contribution in [2.75, 3.05) is 33.0 Å². The monoisotopic (exact) mass is 372 g/mol. The standard InChI is InChI=1S/C20H21ClN2O3/c21-18-10-16(19-17(11-18)13-25-14-26-19)12-22-6-8-23(9-7-22)20(24)15-4-2-1-3-5-15/h1-5,10-11H,6-9,12-14H2. The number of amides is 1. The van der Waals surface area contributed by atoms with Crippen LogP contribution in [0.4, 0.5) is 0 Å². The molecule has 0 unspecified atom stereocenters. The second-order valence-corrected chi connectivity index (χ2v) is 7.03. The highest BCUT2D eigenvalue weighted by atomic mass is 35.5. The maximum absolute atomic E-state index is 12.6. The predicted molar refractivity (Wildman–Crippen MR) is 99.4 cm³/mol. The quantitative estimate of drug-likeness (QED) is 0.830. The Labute approximate surface area is 158 Å². The Morgan fingerprint density at radius 2 is 1.85 bits per heavy atom. The topological polar surface area (TPSA) is 42.0 Å². The van der Waals surface area contributed by atoms with Gasteiger partial charge in [-0.05, 0) is 24.3 Å². The lowest BCUT2D eigenvalue weighted by Crippen LogP contribution is -2.48. The van der Waals surface area contributed by atoms with E-state index in [-0.39, 0.29) is 12.7 Å². The van der Waals surface area contributed by atoms with Crippen LogP contribution in [0, 0.1) is 0 Å². The number of halogens is 1. The van der Waals surface area contributed by atoms with Crippen molar-refractivity contribution in [1.29, 1.82) is 0 Å². The minimum atomic E-state index is 0.103. The second kappa shape index (κ2) is 7.66. The van der Waals surface area contributed by atoms with Crippen molar-refractivity contribution in [3.63, 3.8) is 0 Å². The minimum absolute atomic E-state index is 0.103. The molecule has 1 amide bonds. The third kappa shape index (κ3) is 3.70. The van der Waals surface area contributed by atoms with E-state index >= 15 is 0 Å². The van der Waals surface area contributed by atoms with E-state index in [0.717, 1.165) is 55.2 Å². The van der Waals surface area contributed by atoms with Gasteiger partial charge >= 0.3 is 0 Å². The Balaban J connectivity index is 1.40. The number of ether oxygens (including phenoxy) is 2. The normalized spacial score (nSPS) is 17.5. The number of piperazine rings is 1. The van der Waals surface area contributed by atoms with Crippen LogP contribution in [0.2, 0.25) is 5.02 Å². The van der Waals surface area contributed by atoms with Crippen LogP contribution in [0.5, 0.6) is 5.75 Å². The molecule has 1 saturated heterocycles. The van der Waals surface area contributed by atoms with Crippen molar-refractivity contribution in [3.05, 3.63) is 64.2 Å². The van der Waals surface area contributed by atoms with Crippen LogP contribution in [0.3, 0.4) is 0 Å². The fourth-order valence-electron chi connectivity index (χ4n) is 3.49. The number of carbonyl (C=O) groups is 1. The van der Waals surface area contributed by atoms with E-state index in [4.69, 9.17) is 21.1 Å². The van der Waals surface area contributed by atoms with Gasteiger partial charge in [0, 0.05) is 54.4 Å². The summed E-state index contributed by atoms with van der Waals surface area (Å²) in [5.74, 6) is 0.995. The molecular weight excluding hydrogens is 352 g/mol. The van der Waals surface area contributed by atoms with E-state index in [9.17, 15) is 4.79 Å². The van der Waals surface area contributed by atoms with Crippen LogP contribution < -0.4 is 4.74 Å². The number of carbonyl (C=O) groups excluding carboxylic acids is 1. The first-order chi connectivity index (χ1) is 12.7. The van der Waals surface area contributed by atoms with Crippen molar-refractivity contribution < 1.29 is 14.3 Å². The zero-order valence-corrected chi connectivity index (χ0v) is 15.2. The highest BCUT2D eigenvalue weighted by molar-refractivity contribution is 6.30. The Bertz CT molecular complexity index is 789. The Hall–Kier alpha value is -2.08. The molecule has 2 aromatic carbocycles. The number of hydrogen-bond donors (Lipinski definition) is 0. The van der Waals surface area contributed by atoms with Crippen LogP contribution in [0.1, 0.15) is 21.5 Å². The molecule has 26 heavy (non-hydrogen) atoms. The molecular formula is C20H21ClN2O3. The number of benzene rings is 2. The lowest BCUT2D eigenvalue weighted by atomic mass is 10.1. The predicted octanol–water partition coefficient (Wildman–Crippen LogP) is 3.16. The molecule has 0 aromatic heterocycles. The first kappa shape index (κ1) is 17.3. The molecule has 6 heteroatoms. The van der Waals surface area contributed by atoms with Gasteiger partial charge in [-0.2, -0.15) is 0 Å². The highest BCUT2D eigenvalue weighted by Gasteiger charge is 2.24. The van der Waals surface area contributed by atoms with E-state index in [1.807, 2.05) is 47.4 Å². The van der Waals surface area contributed by atoms with Crippen LogP contribution in [-0.4, -0.2) is 48.7 Å². The molecule has 136 valence electrons. The molecule has 1 fully saturated rings. The van der Waals surface area contributed by atoms with Gasteiger partial charge in [-0.15, -0.1) is 0 Å². The lowest BCUT2D eigenvalue weighted by molar-refractivity contribution is -0.0176. The molecule has 0 aliphatic carbocycles. The van der Waals surface area contributed by atoms with E-state index in [1.165, 1.54) is 0 Å². The zero-order valence-electron chi connectivity index (χ0n) is 14.5. The Kier molecular flexibility index (Phi) is 5.11. The van der Waals surface area contributed by atoms with Gasteiger partial charge in [-0.1, -0.05) is 29.8 Å². The largest absolute Gasteiger partial charge is 0.467 e. The molecule has 5 nitrogen and oxygen atoms in total. The minimum Gasteiger partial charge on any atom is -0.467 e. The molecule has 0 bridgehead atoms. The Morgan fingerprint density at radius 3 is 2.62 bits per heavy atom.